The molecule has 4 rings (SSSR count). The number of halogens is 3. The van der Waals surface area contributed by atoms with Crippen molar-refractivity contribution < 1.29 is 18.3 Å². The molecule has 1 amide bonds. The van der Waals surface area contributed by atoms with Crippen LogP contribution in [-0.2, 0) is 11.8 Å². The topological polar surface area (TPSA) is 127 Å². The van der Waals surface area contributed by atoms with Crippen molar-refractivity contribution in [3.63, 3.8) is 0 Å². The van der Waals surface area contributed by atoms with Gasteiger partial charge in [0.1, 0.15) is 5.02 Å². The van der Waals surface area contributed by atoms with Gasteiger partial charge < -0.3 is 30.6 Å². The molecule has 13 heteroatoms. The molecular weight excluding hydrogens is 520 g/mol. The van der Waals surface area contributed by atoms with Gasteiger partial charge in [0.2, 0.25) is 5.95 Å². The highest BCUT2D eigenvalue weighted by molar-refractivity contribution is 6.32. The van der Waals surface area contributed by atoms with Gasteiger partial charge in [-0.2, -0.15) is 4.98 Å². The van der Waals surface area contributed by atoms with Gasteiger partial charge in [-0.1, -0.05) is 18.5 Å². The highest BCUT2D eigenvalue weighted by atomic mass is 35.5. The van der Waals surface area contributed by atoms with Crippen LogP contribution in [0.1, 0.15) is 13.3 Å². The van der Waals surface area contributed by atoms with Crippen LogP contribution in [0.3, 0.4) is 0 Å². The molecule has 0 saturated carbocycles. The maximum Gasteiger partial charge on any atom is 0.293 e. The lowest BCUT2D eigenvalue weighted by atomic mass is 9.84. The van der Waals surface area contributed by atoms with Crippen molar-refractivity contribution in [2.45, 2.75) is 19.3 Å². The fourth-order valence-electron chi connectivity index (χ4n) is 4.55. The van der Waals surface area contributed by atoms with E-state index in [1.807, 2.05) is 0 Å². The summed E-state index contributed by atoms with van der Waals surface area (Å²) in [5, 5.41) is 6.51. The first-order valence-electron chi connectivity index (χ1n) is 12.1. The predicted octanol–water partition coefficient (Wildman–Crippen LogP) is 2.91. The number of nitrogens with one attached hydrogen (secondary N) is 2. The number of pyridine rings is 1. The molecule has 38 heavy (non-hydrogen) atoms. The summed E-state index contributed by atoms with van der Waals surface area (Å²) in [7, 11) is 3.09. The average Bonchev–Trinajstić information content (AvgIpc) is 2.89. The summed E-state index contributed by atoms with van der Waals surface area (Å²) in [6.07, 6.45) is 1.62. The Labute approximate surface area is 223 Å². The van der Waals surface area contributed by atoms with Gasteiger partial charge in [0.15, 0.2) is 18.2 Å². The van der Waals surface area contributed by atoms with E-state index in [2.05, 4.69) is 20.6 Å². The second-order valence-corrected chi connectivity index (χ2v) is 9.76. The van der Waals surface area contributed by atoms with Crippen molar-refractivity contribution in [1.29, 1.82) is 0 Å². The van der Waals surface area contributed by atoms with Gasteiger partial charge in [-0.05, 0) is 37.2 Å². The molecule has 1 aliphatic heterocycles. The highest BCUT2D eigenvalue weighted by Gasteiger charge is 2.49. The summed E-state index contributed by atoms with van der Waals surface area (Å²) in [5.41, 5.74) is 6.47. The Morgan fingerprint density at radius 2 is 2.08 bits per heavy atom. The Balaban J connectivity index is 1.61. The van der Waals surface area contributed by atoms with E-state index in [9.17, 15) is 18.4 Å². The molecule has 2 atom stereocenters. The van der Waals surface area contributed by atoms with Crippen LogP contribution in [0.2, 0.25) is 5.02 Å². The second-order valence-electron chi connectivity index (χ2n) is 9.35. The van der Waals surface area contributed by atoms with Gasteiger partial charge in [-0.25, -0.2) is 13.8 Å². The number of hydrogen-bond acceptors (Lipinski definition) is 8. The smallest absolute Gasteiger partial charge is 0.293 e. The number of fused-ring (bicyclic) bond motifs is 1. The van der Waals surface area contributed by atoms with E-state index in [0.717, 1.165) is 0 Å². The molecule has 1 aromatic carbocycles. The number of nitrogens with two attached hydrogens (primary N) is 1. The molecule has 0 unspecified atom stereocenters. The van der Waals surface area contributed by atoms with Gasteiger partial charge >= 0.3 is 0 Å². The Bertz CT molecular complexity index is 1400. The van der Waals surface area contributed by atoms with E-state index in [1.54, 1.807) is 36.2 Å². The maximum atomic E-state index is 14.7. The lowest BCUT2D eigenvalue weighted by Gasteiger charge is -2.42. The Morgan fingerprint density at radius 3 is 2.79 bits per heavy atom. The lowest BCUT2D eigenvalue weighted by Crippen LogP contribution is -2.53. The largest absolute Gasteiger partial charge is 0.478 e. The van der Waals surface area contributed by atoms with E-state index in [4.69, 9.17) is 22.1 Å². The lowest BCUT2D eigenvalue weighted by molar-refractivity contribution is -0.122. The number of ether oxygens (including phenoxy) is 1. The molecule has 0 radical (unpaired) electrons. The maximum absolute atomic E-state index is 14.7. The summed E-state index contributed by atoms with van der Waals surface area (Å²) in [5.74, 6) is -4.36. The highest BCUT2D eigenvalue weighted by Crippen LogP contribution is 2.40. The number of amides is 1. The number of aromatic nitrogens is 3. The third-order valence-corrected chi connectivity index (χ3v) is 7.03. The summed E-state index contributed by atoms with van der Waals surface area (Å²) in [6.45, 7) is 1.57. The second kappa shape index (κ2) is 11.1. The van der Waals surface area contributed by atoms with Gasteiger partial charge in [0.25, 0.3) is 17.4 Å². The van der Waals surface area contributed by atoms with E-state index in [0.29, 0.717) is 22.4 Å². The summed E-state index contributed by atoms with van der Waals surface area (Å²) < 4.78 is 36.2. The van der Waals surface area contributed by atoms with Crippen LogP contribution in [0.25, 0.3) is 10.9 Å². The number of anilines is 3. The zero-order valence-electron chi connectivity index (χ0n) is 21.3. The minimum atomic E-state index is -2.82. The van der Waals surface area contributed by atoms with Crippen molar-refractivity contribution in [2.24, 2.45) is 24.6 Å². The van der Waals surface area contributed by atoms with Crippen LogP contribution in [-0.4, -0.2) is 59.7 Å². The Morgan fingerprint density at radius 1 is 1.32 bits per heavy atom. The summed E-state index contributed by atoms with van der Waals surface area (Å²) in [4.78, 5) is 34.7. The zero-order chi connectivity index (χ0) is 27.6. The Kier molecular flexibility index (Phi) is 8.02. The van der Waals surface area contributed by atoms with Crippen LogP contribution in [0, 0.1) is 11.8 Å². The first kappa shape index (κ1) is 27.5. The number of alkyl halides is 2. The normalized spacial score (nSPS) is 18.9. The third-order valence-electron chi connectivity index (χ3n) is 6.76. The molecular formula is C25H30ClF2N7O3. The van der Waals surface area contributed by atoms with Gasteiger partial charge in [-0.3, -0.25) is 9.59 Å². The monoisotopic (exact) mass is 549 g/mol. The molecule has 1 aliphatic rings. The predicted molar refractivity (Wildman–Crippen MR) is 143 cm³/mol. The van der Waals surface area contributed by atoms with E-state index in [-0.39, 0.29) is 60.8 Å². The molecule has 1 saturated heterocycles. The molecule has 3 aromatic rings. The first-order valence-corrected chi connectivity index (χ1v) is 12.5. The number of aryl methyl sites for hydroxylation is 1. The SMILES string of the molecule is CNC(=O)COc1cc2cc(Nc3nc(N4C[C@H](CCN)C(F)(F)[C@H](C)C4)ncc3Cl)ccc2n(C)c1=O. The molecule has 0 aliphatic carbocycles. The minimum absolute atomic E-state index is 0.0335. The number of nitrogens with zero attached hydrogens (tertiary/aromatic N) is 4. The van der Waals surface area contributed by atoms with Crippen molar-refractivity contribution in [1.82, 2.24) is 19.9 Å². The zero-order valence-corrected chi connectivity index (χ0v) is 22.1. The fraction of sp³-hybridized carbons (Fsp3) is 0.440. The van der Waals surface area contributed by atoms with E-state index >= 15 is 0 Å². The van der Waals surface area contributed by atoms with Crippen LogP contribution in [0.4, 0.5) is 26.2 Å². The summed E-state index contributed by atoms with van der Waals surface area (Å²) >= 11 is 6.37. The average molecular weight is 550 g/mol. The number of likely N-dealkylation sites (N-methyl/N-ethyl adjacent to an activating group) is 1. The molecule has 10 nitrogen and oxygen atoms in total. The van der Waals surface area contributed by atoms with Crippen LogP contribution < -0.4 is 31.6 Å². The van der Waals surface area contributed by atoms with Crippen molar-refractivity contribution in [3.8, 4) is 5.75 Å². The molecule has 0 bridgehead atoms. The van der Waals surface area contributed by atoms with E-state index < -0.39 is 17.8 Å². The van der Waals surface area contributed by atoms with Crippen molar-refractivity contribution in [2.75, 3.05) is 43.5 Å². The molecule has 4 N–H and O–H groups in total. The van der Waals surface area contributed by atoms with E-state index in [1.165, 1.54) is 24.7 Å². The van der Waals surface area contributed by atoms with Gasteiger partial charge in [0.05, 0.1) is 11.7 Å². The number of carbonyl (C=O) groups is 1. The van der Waals surface area contributed by atoms with Crippen LogP contribution >= 0.6 is 11.6 Å². The van der Waals surface area contributed by atoms with Crippen molar-refractivity contribution >= 4 is 45.9 Å². The molecule has 204 valence electrons. The van der Waals surface area contributed by atoms with Crippen LogP contribution in [0.15, 0.2) is 35.3 Å². The fourth-order valence-corrected chi connectivity index (χ4v) is 4.69. The molecule has 2 aromatic heterocycles. The number of benzene rings is 1. The van der Waals surface area contributed by atoms with Gasteiger partial charge in [-0.15, -0.1) is 0 Å². The van der Waals surface area contributed by atoms with Crippen LogP contribution in [0.5, 0.6) is 5.75 Å². The summed E-state index contributed by atoms with van der Waals surface area (Å²) in [6, 6.07) is 6.85. The molecule has 0 spiro atoms. The number of rotatable bonds is 8. The molecule has 3 heterocycles. The number of hydrogen-bond donors (Lipinski definition) is 3. The first-order chi connectivity index (χ1) is 18.0. The Hall–Kier alpha value is -3.51. The standard InChI is InChI=1S/C25H30ClF2N7O3/c1-14-11-35(12-16(6-7-29)25(14,27)28)24-31-10-18(26)22(33-24)32-17-4-5-19-15(8-17)9-20(23(37)34(19)3)38-13-21(36)30-2/h4-5,8-10,14,16H,6-7,11-13,29H2,1-3H3,(H,30,36)(H,31,32,33)/t14-,16+/m1/s1. The molecule has 1 fully saturated rings. The minimum Gasteiger partial charge on any atom is -0.478 e. The quantitative estimate of drug-likeness (QED) is 0.391. The number of carbonyl (C=O) groups excluding carboxylic acids is 1. The van der Waals surface area contributed by atoms with Gasteiger partial charge in [0, 0.05) is 50.1 Å². The number of piperidine rings is 1. The van der Waals surface area contributed by atoms with Crippen molar-refractivity contribution in [3.05, 3.63) is 45.8 Å². The third kappa shape index (κ3) is 5.51.